The van der Waals surface area contributed by atoms with E-state index in [1.807, 2.05) is 0 Å². The molecule has 6 nitrogen and oxygen atoms in total. The predicted molar refractivity (Wildman–Crippen MR) is 64.2 cm³/mol. The van der Waals surface area contributed by atoms with E-state index in [9.17, 15) is 15.3 Å². The molecule has 0 spiro atoms. The van der Waals surface area contributed by atoms with Crippen LogP contribution in [0.3, 0.4) is 0 Å². The van der Waals surface area contributed by atoms with Gasteiger partial charge in [-0.15, -0.1) is 0 Å². The van der Waals surface area contributed by atoms with Crippen LogP contribution in [0.4, 0.5) is 0 Å². The molecular formula is C11H12ClN3O3. The maximum absolute atomic E-state index is 9.92. The zero-order chi connectivity index (χ0) is 12.9. The van der Waals surface area contributed by atoms with Crippen molar-refractivity contribution in [1.82, 2.24) is 14.5 Å². The summed E-state index contributed by atoms with van der Waals surface area (Å²) >= 11 is 5.95. The lowest BCUT2D eigenvalue weighted by Crippen LogP contribution is -2.31. The van der Waals surface area contributed by atoms with Gasteiger partial charge in [0.1, 0.15) is 29.3 Å². The van der Waals surface area contributed by atoms with E-state index >= 15 is 0 Å². The average Bonchev–Trinajstić information content (AvgIpc) is 2.88. The molecule has 1 fully saturated rings. The lowest BCUT2D eigenvalue weighted by molar-refractivity contribution is -0.0244. The highest BCUT2D eigenvalue weighted by Gasteiger charge is 2.41. The molecule has 0 aliphatic heterocycles. The molecule has 96 valence electrons. The summed E-state index contributed by atoms with van der Waals surface area (Å²) in [6, 6.07) is 1.33. The third kappa shape index (κ3) is 1.61. The fourth-order valence-corrected chi connectivity index (χ4v) is 2.66. The maximum atomic E-state index is 9.92. The SMILES string of the molecule is O[C@@H]1[C@H](O)[C@@H](O)C[C@H]1n1ccc2c(Cl)ncnc21. The van der Waals surface area contributed by atoms with Crippen molar-refractivity contribution in [3.8, 4) is 0 Å². The number of hydrogen-bond acceptors (Lipinski definition) is 5. The van der Waals surface area contributed by atoms with Gasteiger partial charge in [0, 0.05) is 6.20 Å². The highest BCUT2D eigenvalue weighted by Crippen LogP contribution is 2.34. The Hall–Kier alpha value is -1.21. The van der Waals surface area contributed by atoms with E-state index in [1.54, 1.807) is 16.8 Å². The van der Waals surface area contributed by atoms with E-state index in [-0.39, 0.29) is 6.42 Å². The molecule has 7 heteroatoms. The topological polar surface area (TPSA) is 91.4 Å². The van der Waals surface area contributed by atoms with Crippen molar-refractivity contribution < 1.29 is 15.3 Å². The second-order valence-electron chi connectivity index (χ2n) is 4.48. The van der Waals surface area contributed by atoms with E-state index in [1.165, 1.54) is 6.33 Å². The monoisotopic (exact) mass is 269 g/mol. The Kier molecular flexibility index (Phi) is 2.74. The van der Waals surface area contributed by atoms with Crippen molar-refractivity contribution in [3.05, 3.63) is 23.7 Å². The zero-order valence-electron chi connectivity index (χ0n) is 9.31. The fourth-order valence-electron chi connectivity index (χ4n) is 2.47. The molecule has 3 rings (SSSR count). The molecule has 0 radical (unpaired) electrons. The molecule has 3 N–H and O–H groups in total. The summed E-state index contributed by atoms with van der Waals surface area (Å²) in [5.41, 5.74) is 0.584. The number of aliphatic hydroxyl groups is 3. The highest BCUT2D eigenvalue weighted by molar-refractivity contribution is 6.33. The van der Waals surface area contributed by atoms with Crippen LogP contribution in [0.5, 0.6) is 0 Å². The van der Waals surface area contributed by atoms with Gasteiger partial charge >= 0.3 is 0 Å². The molecule has 0 saturated heterocycles. The largest absolute Gasteiger partial charge is 0.390 e. The van der Waals surface area contributed by atoms with Crippen LogP contribution in [0, 0.1) is 0 Å². The second kappa shape index (κ2) is 4.17. The Balaban J connectivity index is 2.08. The molecule has 2 aromatic heterocycles. The number of nitrogens with zero attached hydrogens (tertiary/aromatic N) is 3. The summed E-state index contributed by atoms with van der Waals surface area (Å²) in [6.45, 7) is 0. The molecule has 0 unspecified atom stereocenters. The maximum Gasteiger partial charge on any atom is 0.145 e. The summed E-state index contributed by atoms with van der Waals surface area (Å²) in [5, 5.41) is 30.1. The first-order valence-electron chi connectivity index (χ1n) is 5.61. The Bertz CT molecular complexity index is 588. The van der Waals surface area contributed by atoms with E-state index in [2.05, 4.69) is 9.97 Å². The molecular weight excluding hydrogens is 258 g/mol. The Morgan fingerprint density at radius 1 is 1.22 bits per heavy atom. The Labute approximate surface area is 107 Å². The van der Waals surface area contributed by atoms with E-state index < -0.39 is 24.4 Å². The first-order valence-corrected chi connectivity index (χ1v) is 5.98. The quantitative estimate of drug-likeness (QED) is 0.639. The summed E-state index contributed by atoms with van der Waals surface area (Å²) in [5.74, 6) is 0. The van der Waals surface area contributed by atoms with Crippen LogP contribution in [0.1, 0.15) is 12.5 Å². The molecule has 0 amide bonds. The number of hydrogen-bond donors (Lipinski definition) is 3. The number of fused-ring (bicyclic) bond motifs is 1. The lowest BCUT2D eigenvalue weighted by atomic mass is 10.2. The standard InChI is InChI=1S/C11H12ClN3O3/c12-10-5-1-2-15(11(5)14-4-13-10)6-3-7(16)9(18)8(6)17/h1-2,4,6-9,16-18H,3H2/t6-,7+,8+,9-/m1/s1. The summed E-state index contributed by atoms with van der Waals surface area (Å²) in [7, 11) is 0. The number of aliphatic hydroxyl groups excluding tert-OH is 3. The third-order valence-corrected chi connectivity index (χ3v) is 3.74. The van der Waals surface area contributed by atoms with Gasteiger partial charge in [0.25, 0.3) is 0 Å². The van der Waals surface area contributed by atoms with Crippen molar-refractivity contribution in [3.63, 3.8) is 0 Å². The second-order valence-corrected chi connectivity index (χ2v) is 4.83. The van der Waals surface area contributed by atoms with Gasteiger partial charge in [-0.1, -0.05) is 11.6 Å². The smallest absolute Gasteiger partial charge is 0.145 e. The molecule has 2 aromatic rings. The molecule has 2 heterocycles. The van der Waals surface area contributed by atoms with Crippen LogP contribution >= 0.6 is 11.6 Å². The minimum absolute atomic E-state index is 0.272. The Morgan fingerprint density at radius 2 is 2.00 bits per heavy atom. The molecule has 1 aliphatic carbocycles. The summed E-state index contributed by atoms with van der Waals surface area (Å²) in [6.07, 6.45) is 0.251. The van der Waals surface area contributed by atoms with Crippen LogP contribution in [-0.4, -0.2) is 48.2 Å². The first kappa shape index (κ1) is 11.9. The van der Waals surface area contributed by atoms with Crippen molar-refractivity contribution in [2.75, 3.05) is 0 Å². The Morgan fingerprint density at radius 3 is 2.67 bits per heavy atom. The molecule has 1 saturated carbocycles. The molecule has 4 atom stereocenters. The van der Waals surface area contributed by atoms with Gasteiger partial charge in [0.2, 0.25) is 0 Å². The van der Waals surface area contributed by atoms with Gasteiger partial charge in [-0.05, 0) is 12.5 Å². The van der Waals surface area contributed by atoms with Gasteiger partial charge < -0.3 is 19.9 Å². The van der Waals surface area contributed by atoms with Gasteiger partial charge in [0.15, 0.2) is 0 Å². The fraction of sp³-hybridized carbons (Fsp3) is 0.455. The average molecular weight is 270 g/mol. The van der Waals surface area contributed by atoms with Crippen LogP contribution < -0.4 is 0 Å². The summed E-state index contributed by atoms with van der Waals surface area (Å²) < 4.78 is 1.72. The minimum atomic E-state index is -1.13. The van der Waals surface area contributed by atoms with E-state index in [4.69, 9.17) is 11.6 Å². The van der Waals surface area contributed by atoms with Gasteiger partial charge in [0.05, 0.1) is 17.5 Å². The predicted octanol–water partition coefficient (Wildman–Crippen LogP) is 0.112. The first-order chi connectivity index (χ1) is 8.59. The summed E-state index contributed by atoms with van der Waals surface area (Å²) in [4.78, 5) is 8.00. The minimum Gasteiger partial charge on any atom is -0.390 e. The van der Waals surface area contributed by atoms with Crippen LogP contribution in [0.25, 0.3) is 11.0 Å². The number of aromatic nitrogens is 3. The normalized spacial score (nSPS) is 32.2. The third-order valence-electron chi connectivity index (χ3n) is 3.44. The van der Waals surface area contributed by atoms with Crippen molar-refractivity contribution in [1.29, 1.82) is 0 Å². The number of rotatable bonds is 1. The van der Waals surface area contributed by atoms with Crippen molar-refractivity contribution in [2.45, 2.75) is 30.8 Å². The lowest BCUT2D eigenvalue weighted by Gasteiger charge is -2.18. The van der Waals surface area contributed by atoms with Crippen LogP contribution in [0.15, 0.2) is 18.6 Å². The molecule has 18 heavy (non-hydrogen) atoms. The zero-order valence-corrected chi connectivity index (χ0v) is 10.1. The van der Waals surface area contributed by atoms with E-state index in [0.717, 1.165) is 0 Å². The molecule has 1 aliphatic rings. The van der Waals surface area contributed by atoms with Crippen LogP contribution in [-0.2, 0) is 0 Å². The van der Waals surface area contributed by atoms with Crippen molar-refractivity contribution in [2.24, 2.45) is 0 Å². The van der Waals surface area contributed by atoms with Crippen LogP contribution in [0.2, 0.25) is 5.15 Å². The van der Waals surface area contributed by atoms with E-state index in [0.29, 0.717) is 16.2 Å². The van der Waals surface area contributed by atoms with Gasteiger partial charge in [-0.2, -0.15) is 0 Å². The molecule has 0 aromatic carbocycles. The van der Waals surface area contributed by atoms with Crippen molar-refractivity contribution >= 4 is 22.6 Å². The molecule has 0 bridgehead atoms. The highest BCUT2D eigenvalue weighted by atomic mass is 35.5. The van der Waals surface area contributed by atoms with Gasteiger partial charge in [-0.25, -0.2) is 9.97 Å². The number of halogens is 1. The van der Waals surface area contributed by atoms with Gasteiger partial charge in [-0.3, -0.25) is 0 Å².